The number of nitrogens with zero attached hydrogens (tertiary/aromatic N) is 4. The van der Waals surface area contributed by atoms with Crippen LogP contribution in [0, 0.1) is 11.3 Å². The van der Waals surface area contributed by atoms with E-state index in [1.54, 1.807) is 12.3 Å². The van der Waals surface area contributed by atoms with Crippen molar-refractivity contribution >= 4 is 5.82 Å². The molecule has 2 atom stereocenters. The first kappa shape index (κ1) is 11.8. The zero-order valence-corrected chi connectivity index (χ0v) is 10.2. The second kappa shape index (κ2) is 5.11. The van der Waals surface area contributed by atoms with Gasteiger partial charge < -0.3 is 10.2 Å². The van der Waals surface area contributed by atoms with Gasteiger partial charge in [0.1, 0.15) is 6.07 Å². The van der Waals surface area contributed by atoms with Crippen LogP contribution in [0.25, 0.3) is 0 Å². The average molecular weight is 231 g/mol. The molecule has 1 aliphatic heterocycles. The zero-order chi connectivity index (χ0) is 12.3. The van der Waals surface area contributed by atoms with Gasteiger partial charge in [0.15, 0.2) is 5.82 Å². The topological polar surface area (TPSA) is 64.8 Å². The summed E-state index contributed by atoms with van der Waals surface area (Å²) in [5, 5.41) is 20.1. The summed E-state index contributed by atoms with van der Waals surface area (Å²) in [5.74, 6) is 0.608. The first-order valence-electron chi connectivity index (χ1n) is 5.89. The number of aromatic nitrogens is 2. The maximum absolute atomic E-state index is 8.98. The monoisotopic (exact) mass is 231 g/mol. The van der Waals surface area contributed by atoms with Crippen molar-refractivity contribution in [3.8, 4) is 6.07 Å². The van der Waals surface area contributed by atoms with Crippen molar-refractivity contribution in [2.45, 2.75) is 31.8 Å². The highest BCUT2D eigenvalue weighted by atomic mass is 15.2. The van der Waals surface area contributed by atoms with Crippen LogP contribution >= 0.6 is 0 Å². The summed E-state index contributed by atoms with van der Waals surface area (Å²) in [7, 11) is 2.14. The lowest BCUT2D eigenvalue weighted by Gasteiger charge is -2.35. The van der Waals surface area contributed by atoms with E-state index in [-0.39, 0.29) is 0 Å². The van der Waals surface area contributed by atoms with Gasteiger partial charge in [-0.3, -0.25) is 0 Å². The van der Waals surface area contributed by atoms with Crippen LogP contribution in [-0.2, 0) is 0 Å². The Morgan fingerprint density at radius 3 is 3.12 bits per heavy atom. The van der Waals surface area contributed by atoms with E-state index in [2.05, 4.69) is 40.5 Å². The Morgan fingerprint density at radius 1 is 1.59 bits per heavy atom. The lowest BCUT2D eigenvalue weighted by Crippen LogP contribution is -2.42. The molecule has 1 saturated heterocycles. The van der Waals surface area contributed by atoms with Gasteiger partial charge in [-0.2, -0.15) is 10.4 Å². The minimum atomic E-state index is 0.380. The third-order valence-corrected chi connectivity index (χ3v) is 3.39. The summed E-state index contributed by atoms with van der Waals surface area (Å²) in [6.07, 6.45) is 3.68. The molecule has 0 saturated carbocycles. The number of rotatable bonds is 2. The largest absolute Gasteiger partial charge is 0.365 e. The van der Waals surface area contributed by atoms with Crippen LogP contribution in [0.1, 0.15) is 25.3 Å². The Balaban J connectivity index is 2.04. The van der Waals surface area contributed by atoms with E-state index in [1.807, 2.05) is 0 Å². The molecule has 17 heavy (non-hydrogen) atoms. The molecular weight excluding hydrogens is 214 g/mol. The molecule has 0 bridgehead atoms. The van der Waals surface area contributed by atoms with E-state index >= 15 is 0 Å². The van der Waals surface area contributed by atoms with Crippen molar-refractivity contribution in [1.82, 2.24) is 15.1 Å². The van der Waals surface area contributed by atoms with Crippen molar-refractivity contribution in [3.63, 3.8) is 0 Å². The Bertz CT molecular complexity index is 425. The van der Waals surface area contributed by atoms with Gasteiger partial charge in [-0.1, -0.05) is 0 Å². The Morgan fingerprint density at radius 2 is 2.41 bits per heavy atom. The molecule has 5 heteroatoms. The molecule has 2 heterocycles. The standard InChI is InChI=1S/C12H17N5/c1-9-7-11(4-6-17(9)2)15-12-10(8-13)3-5-14-16-12/h3,5,9,11H,4,6-7H2,1-2H3,(H,15,16). The highest BCUT2D eigenvalue weighted by Gasteiger charge is 2.23. The molecule has 1 N–H and O–H groups in total. The highest BCUT2D eigenvalue weighted by molar-refractivity contribution is 5.50. The fourth-order valence-electron chi connectivity index (χ4n) is 2.14. The summed E-state index contributed by atoms with van der Waals surface area (Å²) in [4.78, 5) is 2.35. The SMILES string of the molecule is CC1CC(Nc2nnccc2C#N)CCN1C. The molecule has 0 radical (unpaired) electrons. The molecule has 5 nitrogen and oxygen atoms in total. The fourth-order valence-corrected chi connectivity index (χ4v) is 2.14. The van der Waals surface area contributed by atoms with Gasteiger partial charge in [0.25, 0.3) is 0 Å². The number of hydrogen-bond acceptors (Lipinski definition) is 5. The van der Waals surface area contributed by atoms with Gasteiger partial charge in [0, 0.05) is 18.6 Å². The number of nitrogens with one attached hydrogen (secondary N) is 1. The first-order valence-corrected chi connectivity index (χ1v) is 5.89. The fraction of sp³-hybridized carbons (Fsp3) is 0.583. The Hall–Kier alpha value is -1.67. The summed E-state index contributed by atoms with van der Waals surface area (Å²) >= 11 is 0. The molecule has 0 aliphatic carbocycles. The quantitative estimate of drug-likeness (QED) is 0.829. The van der Waals surface area contributed by atoms with Crippen LogP contribution in [0.2, 0.25) is 0 Å². The van der Waals surface area contributed by atoms with Crippen molar-refractivity contribution in [2.75, 3.05) is 18.9 Å². The highest BCUT2D eigenvalue weighted by Crippen LogP contribution is 2.20. The van der Waals surface area contributed by atoms with Crippen molar-refractivity contribution in [3.05, 3.63) is 17.8 Å². The molecule has 1 aromatic heterocycles. The lowest BCUT2D eigenvalue weighted by molar-refractivity contribution is 0.190. The molecule has 0 spiro atoms. The molecule has 2 unspecified atom stereocenters. The Kier molecular flexibility index (Phi) is 3.55. The van der Waals surface area contributed by atoms with Gasteiger partial charge >= 0.3 is 0 Å². The minimum Gasteiger partial charge on any atom is -0.365 e. The number of piperidine rings is 1. The molecular formula is C12H17N5. The van der Waals surface area contributed by atoms with Crippen molar-refractivity contribution in [1.29, 1.82) is 5.26 Å². The van der Waals surface area contributed by atoms with Crippen LogP contribution in [-0.4, -0.2) is 40.8 Å². The first-order chi connectivity index (χ1) is 8.20. The summed E-state index contributed by atoms with van der Waals surface area (Å²) in [5.41, 5.74) is 0.562. The molecule has 90 valence electrons. The van der Waals surface area contributed by atoms with Gasteiger partial charge in [0.2, 0.25) is 0 Å². The van der Waals surface area contributed by atoms with Crippen LogP contribution in [0.4, 0.5) is 5.82 Å². The summed E-state index contributed by atoms with van der Waals surface area (Å²) < 4.78 is 0. The average Bonchev–Trinajstić information content (AvgIpc) is 2.34. The molecule has 1 fully saturated rings. The third kappa shape index (κ3) is 2.71. The predicted molar refractivity (Wildman–Crippen MR) is 65.5 cm³/mol. The van der Waals surface area contributed by atoms with E-state index < -0.39 is 0 Å². The number of anilines is 1. The molecule has 0 aromatic carbocycles. The summed E-state index contributed by atoms with van der Waals surface area (Å²) in [6.45, 7) is 3.29. The lowest BCUT2D eigenvalue weighted by atomic mass is 9.99. The van der Waals surface area contributed by atoms with Crippen LogP contribution in [0.5, 0.6) is 0 Å². The van der Waals surface area contributed by atoms with Gasteiger partial charge in [-0.15, -0.1) is 5.10 Å². The molecule has 0 amide bonds. The Labute approximate surface area is 101 Å². The van der Waals surface area contributed by atoms with Crippen LogP contribution < -0.4 is 5.32 Å². The maximum atomic E-state index is 8.98. The second-order valence-corrected chi connectivity index (χ2v) is 4.60. The van der Waals surface area contributed by atoms with E-state index in [0.717, 1.165) is 19.4 Å². The smallest absolute Gasteiger partial charge is 0.166 e. The van der Waals surface area contributed by atoms with Crippen molar-refractivity contribution in [2.24, 2.45) is 0 Å². The van der Waals surface area contributed by atoms with E-state index in [4.69, 9.17) is 5.26 Å². The van der Waals surface area contributed by atoms with Crippen LogP contribution in [0.15, 0.2) is 12.3 Å². The molecule has 2 rings (SSSR count). The molecule has 1 aliphatic rings. The van der Waals surface area contributed by atoms with E-state index in [9.17, 15) is 0 Å². The van der Waals surface area contributed by atoms with Crippen molar-refractivity contribution < 1.29 is 0 Å². The number of nitriles is 1. The van der Waals surface area contributed by atoms with E-state index in [0.29, 0.717) is 23.5 Å². The zero-order valence-electron chi connectivity index (χ0n) is 10.2. The van der Waals surface area contributed by atoms with E-state index in [1.165, 1.54) is 0 Å². The number of hydrogen-bond donors (Lipinski definition) is 1. The van der Waals surface area contributed by atoms with Gasteiger partial charge in [-0.05, 0) is 32.9 Å². The normalized spacial score (nSPS) is 25.2. The maximum Gasteiger partial charge on any atom is 0.166 e. The summed E-state index contributed by atoms with van der Waals surface area (Å²) in [6, 6.07) is 4.76. The van der Waals surface area contributed by atoms with Gasteiger partial charge in [0.05, 0.1) is 11.8 Å². The molecule has 1 aromatic rings. The van der Waals surface area contributed by atoms with Gasteiger partial charge in [-0.25, -0.2) is 0 Å². The second-order valence-electron chi connectivity index (χ2n) is 4.60. The third-order valence-electron chi connectivity index (χ3n) is 3.39. The number of likely N-dealkylation sites (tertiary alicyclic amines) is 1. The minimum absolute atomic E-state index is 0.380. The van der Waals surface area contributed by atoms with Crippen LogP contribution in [0.3, 0.4) is 0 Å². The predicted octanol–water partition coefficient (Wildman–Crippen LogP) is 1.24.